The third kappa shape index (κ3) is 8.95. The molecule has 36 heavy (non-hydrogen) atoms. The molecule has 0 saturated carbocycles. The van der Waals surface area contributed by atoms with E-state index < -0.39 is 6.10 Å². The monoisotopic (exact) mass is 519 g/mol. The predicted molar refractivity (Wildman–Crippen MR) is 139 cm³/mol. The van der Waals surface area contributed by atoms with E-state index in [1.165, 1.54) is 23.3 Å². The molecule has 3 rings (SSSR count). The first-order chi connectivity index (χ1) is 17.5. The van der Waals surface area contributed by atoms with Gasteiger partial charge in [-0.2, -0.15) is 0 Å². The molecule has 1 aliphatic rings. The zero-order valence-corrected chi connectivity index (χ0v) is 21.9. The fraction of sp³-hybridized carbons (Fsp3) is 0.538. The molecule has 198 valence electrons. The van der Waals surface area contributed by atoms with Crippen molar-refractivity contribution in [1.82, 2.24) is 10.3 Å². The number of hydrogen-bond donors (Lipinski definition) is 2. The molecule has 0 aliphatic carbocycles. The van der Waals surface area contributed by atoms with Crippen molar-refractivity contribution in [1.29, 1.82) is 0 Å². The van der Waals surface area contributed by atoms with Crippen LogP contribution in [0.1, 0.15) is 59.3 Å². The van der Waals surface area contributed by atoms with Gasteiger partial charge in [-0.05, 0) is 36.2 Å². The fourth-order valence-electron chi connectivity index (χ4n) is 3.78. The maximum absolute atomic E-state index is 12.3. The van der Waals surface area contributed by atoms with E-state index in [2.05, 4.69) is 17.2 Å². The highest BCUT2D eigenvalue weighted by Gasteiger charge is 2.15. The molecule has 10 heteroatoms. The summed E-state index contributed by atoms with van der Waals surface area (Å²) in [6.45, 7) is 8.18. The van der Waals surface area contributed by atoms with Gasteiger partial charge in [0.15, 0.2) is 0 Å². The van der Waals surface area contributed by atoms with Gasteiger partial charge in [-0.15, -0.1) is 11.3 Å². The average molecular weight is 520 g/mol. The number of amides is 1. The SMILES string of the molecule is CCCCC(O)c1ccc(N(NCOCc2ccc(C(=O)OCCN3CCOCC3)s2)C(C)=O)cc1. The Morgan fingerprint density at radius 3 is 2.64 bits per heavy atom. The molecule has 2 N–H and O–H groups in total. The first kappa shape index (κ1) is 28.2. The summed E-state index contributed by atoms with van der Waals surface area (Å²) in [7, 11) is 0. The van der Waals surface area contributed by atoms with Crippen LogP contribution in [-0.2, 0) is 25.6 Å². The smallest absolute Gasteiger partial charge is 0.348 e. The third-order valence-electron chi connectivity index (χ3n) is 5.86. The Balaban J connectivity index is 1.40. The molecule has 9 nitrogen and oxygen atoms in total. The number of hydrazine groups is 1. The van der Waals surface area contributed by atoms with Gasteiger partial charge in [0.2, 0.25) is 5.91 Å². The van der Waals surface area contributed by atoms with Gasteiger partial charge in [0, 0.05) is 31.4 Å². The molecule has 2 heterocycles. The Morgan fingerprint density at radius 1 is 1.19 bits per heavy atom. The Kier molecular flexibility index (Phi) is 11.8. The van der Waals surface area contributed by atoms with Crippen molar-refractivity contribution in [3.8, 4) is 0 Å². The number of esters is 1. The van der Waals surface area contributed by atoms with Crippen molar-refractivity contribution >= 4 is 28.9 Å². The van der Waals surface area contributed by atoms with Gasteiger partial charge in [0.25, 0.3) is 0 Å². The molecule has 1 aliphatic heterocycles. The summed E-state index contributed by atoms with van der Waals surface area (Å²) in [6, 6.07) is 10.9. The average Bonchev–Trinajstić information content (AvgIpc) is 3.37. The van der Waals surface area contributed by atoms with Gasteiger partial charge < -0.3 is 19.3 Å². The Morgan fingerprint density at radius 2 is 1.94 bits per heavy atom. The fourth-order valence-corrected chi connectivity index (χ4v) is 4.62. The number of ether oxygens (including phenoxy) is 3. The lowest BCUT2D eigenvalue weighted by atomic mass is 10.0. The number of benzene rings is 1. The summed E-state index contributed by atoms with van der Waals surface area (Å²) in [5, 5.41) is 11.7. The summed E-state index contributed by atoms with van der Waals surface area (Å²) in [5.74, 6) is -0.514. The van der Waals surface area contributed by atoms with E-state index in [4.69, 9.17) is 14.2 Å². The Hall–Kier alpha value is -2.34. The quantitative estimate of drug-likeness (QED) is 0.169. The highest BCUT2D eigenvalue weighted by Crippen LogP contribution is 2.22. The molecule has 1 saturated heterocycles. The van der Waals surface area contributed by atoms with E-state index in [1.807, 2.05) is 18.2 Å². The second-order valence-electron chi connectivity index (χ2n) is 8.61. The molecule has 1 fully saturated rings. The number of anilines is 1. The predicted octanol–water partition coefficient (Wildman–Crippen LogP) is 3.49. The standard InChI is InChI=1S/C26H37N3O6S/c1-3-4-5-24(31)21-6-8-22(9-7-21)29(20(2)30)27-19-34-18-23-10-11-25(36-23)26(32)35-17-14-28-12-15-33-16-13-28/h6-11,24,27,31H,3-5,12-19H2,1-2H3. The van der Waals surface area contributed by atoms with Crippen LogP contribution in [0.15, 0.2) is 36.4 Å². The van der Waals surface area contributed by atoms with Crippen LogP contribution in [-0.4, -0.2) is 68.1 Å². The summed E-state index contributed by atoms with van der Waals surface area (Å²) >= 11 is 1.33. The normalized spacial score (nSPS) is 15.0. The Labute approximate surface area is 216 Å². The molecular formula is C26H37N3O6S. The first-order valence-corrected chi connectivity index (χ1v) is 13.3. The van der Waals surface area contributed by atoms with E-state index in [-0.39, 0.29) is 18.6 Å². The highest BCUT2D eigenvalue weighted by atomic mass is 32.1. The molecule has 1 amide bonds. The van der Waals surface area contributed by atoms with Crippen molar-refractivity contribution in [2.24, 2.45) is 0 Å². The van der Waals surface area contributed by atoms with E-state index in [1.54, 1.807) is 18.2 Å². The number of morpholine rings is 1. The highest BCUT2D eigenvalue weighted by molar-refractivity contribution is 7.13. The lowest BCUT2D eigenvalue weighted by Gasteiger charge is -2.26. The van der Waals surface area contributed by atoms with Crippen LogP contribution in [0.25, 0.3) is 0 Å². The van der Waals surface area contributed by atoms with Crippen molar-refractivity contribution in [3.63, 3.8) is 0 Å². The second kappa shape index (κ2) is 15.0. The van der Waals surface area contributed by atoms with Crippen LogP contribution in [0.2, 0.25) is 0 Å². The zero-order chi connectivity index (χ0) is 25.8. The summed E-state index contributed by atoms with van der Waals surface area (Å²) in [4.78, 5) is 28.1. The van der Waals surface area contributed by atoms with Crippen molar-refractivity contribution in [2.45, 2.75) is 45.8 Å². The summed E-state index contributed by atoms with van der Waals surface area (Å²) in [5.41, 5.74) is 4.47. The number of aliphatic hydroxyl groups is 1. The van der Waals surface area contributed by atoms with Gasteiger partial charge in [0.1, 0.15) is 18.2 Å². The minimum atomic E-state index is -0.501. The first-order valence-electron chi connectivity index (χ1n) is 12.4. The number of carbonyl (C=O) groups excluding carboxylic acids is 2. The number of nitrogens with one attached hydrogen (secondary N) is 1. The van der Waals surface area contributed by atoms with E-state index in [0.717, 1.165) is 56.0 Å². The van der Waals surface area contributed by atoms with Crippen LogP contribution in [0.3, 0.4) is 0 Å². The molecule has 2 aromatic rings. The number of rotatable bonds is 14. The molecular weight excluding hydrogens is 482 g/mol. The minimum Gasteiger partial charge on any atom is -0.460 e. The molecule has 1 unspecified atom stereocenters. The van der Waals surface area contributed by atoms with Crippen LogP contribution in [0.5, 0.6) is 0 Å². The molecule has 0 bridgehead atoms. The van der Waals surface area contributed by atoms with E-state index >= 15 is 0 Å². The van der Waals surface area contributed by atoms with Crippen molar-refractivity contribution in [3.05, 3.63) is 51.7 Å². The summed E-state index contributed by atoms with van der Waals surface area (Å²) in [6.07, 6.45) is 2.21. The van der Waals surface area contributed by atoms with Gasteiger partial charge in [0.05, 0.1) is 31.6 Å². The van der Waals surface area contributed by atoms with Crippen LogP contribution in [0.4, 0.5) is 5.69 Å². The van der Waals surface area contributed by atoms with Crippen molar-refractivity contribution < 1.29 is 28.9 Å². The van der Waals surface area contributed by atoms with Crippen LogP contribution < -0.4 is 10.4 Å². The van der Waals surface area contributed by atoms with Gasteiger partial charge in [-0.1, -0.05) is 31.9 Å². The number of aliphatic hydroxyl groups excluding tert-OH is 1. The number of thiophene rings is 1. The molecule has 1 atom stereocenters. The maximum Gasteiger partial charge on any atom is 0.348 e. The van der Waals surface area contributed by atoms with Gasteiger partial charge in [-0.3, -0.25) is 9.69 Å². The maximum atomic E-state index is 12.3. The topological polar surface area (TPSA) is 101 Å². The lowest BCUT2D eigenvalue weighted by Crippen LogP contribution is -2.42. The lowest BCUT2D eigenvalue weighted by molar-refractivity contribution is -0.117. The number of hydrogen-bond acceptors (Lipinski definition) is 9. The van der Waals surface area contributed by atoms with Crippen LogP contribution >= 0.6 is 11.3 Å². The largest absolute Gasteiger partial charge is 0.460 e. The van der Waals surface area contributed by atoms with E-state index in [9.17, 15) is 14.7 Å². The molecule has 1 aromatic heterocycles. The van der Waals surface area contributed by atoms with Crippen molar-refractivity contribution in [2.75, 3.05) is 51.2 Å². The second-order valence-corrected chi connectivity index (χ2v) is 9.78. The number of unbranched alkanes of at least 4 members (excludes halogenated alkanes) is 1. The third-order valence-corrected chi connectivity index (χ3v) is 6.90. The van der Waals surface area contributed by atoms with Gasteiger partial charge in [-0.25, -0.2) is 15.2 Å². The molecule has 0 radical (unpaired) electrons. The van der Waals surface area contributed by atoms with Gasteiger partial charge >= 0.3 is 5.97 Å². The Bertz CT molecular complexity index is 945. The van der Waals surface area contributed by atoms with Crippen LogP contribution in [0, 0.1) is 0 Å². The zero-order valence-electron chi connectivity index (χ0n) is 21.1. The molecule has 1 aromatic carbocycles. The van der Waals surface area contributed by atoms with E-state index in [0.29, 0.717) is 30.3 Å². The summed E-state index contributed by atoms with van der Waals surface area (Å²) < 4.78 is 16.4. The number of nitrogens with zero attached hydrogens (tertiary/aromatic N) is 2. The minimum absolute atomic E-state index is 0.109. The molecule has 0 spiro atoms. The number of carbonyl (C=O) groups is 2.